The predicted octanol–water partition coefficient (Wildman–Crippen LogP) is 2.09. The minimum absolute atomic E-state index is 0.152. The van der Waals surface area contributed by atoms with E-state index in [4.69, 9.17) is 5.11 Å². The highest BCUT2D eigenvalue weighted by molar-refractivity contribution is 7.90. The van der Waals surface area contributed by atoms with Crippen LogP contribution in [-0.4, -0.2) is 36.9 Å². The van der Waals surface area contributed by atoms with Crippen LogP contribution in [0, 0.1) is 6.92 Å². The number of carbonyl (C=O) groups is 1. The minimum atomic E-state index is -3.60. The fourth-order valence-electron chi connectivity index (χ4n) is 1.59. The summed E-state index contributed by atoms with van der Waals surface area (Å²) >= 11 is 0. The van der Waals surface area contributed by atoms with Crippen molar-refractivity contribution >= 4 is 27.9 Å². The maximum atomic E-state index is 12.1. The molecule has 116 valence electrons. The van der Waals surface area contributed by atoms with Crippen LogP contribution in [0.5, 0.6) is 0 Å². The molecule has 0 saturated carbocycles. The van der Waals surface area contributed by atoms with Crippen molar-refractivity contribution in [3.63, 3.8) is 0 Å². The van der Waals surface area contributed by atoms with Gasteiger partial charge in [-0.1, -0.05) is 6.07 Å². The van der Waals surface area contributed by atoms with Crippen molar-refractivity contribution in [3.05, 3.63) is 35.4 Å². The van der Waals surface area contributed by atoms with Gasteiger partial charge in [-0.15, -0.1) is 0 Å². The van der Waals surface area contributed by atoms with Crippen LogP contribution < -0.4 is 4.72 Å². The molecule has 0 aliphatic carbocycles. The smallest absolute Gasteiger partial charge is 0.328 e. The molecule has 0 bridgehead atoms. The van der Waals surface area contributed by atoms with E-state index < -0.39 is 16.2 Å². The van der Waals surface area contributed by atoms with Crippen molar-refractivity contribution in [3.8, 4) is 0 Å². The molecule has 7 heteroatoms. The van der Waals surface area contributed by atoms with Crippen molar-refractivity contribution in [1.82, 2.24) is 4.31 Å². The third-order valence-corrected chi connectivity index (χ3v) is 4.70. The van der Waals surface area contributed by atoms with E-state index in [2.05, 4.69) is 4.72 Å². The first-order chi connectivity index (χ1) is 9.63. The van der Waals surface area contributed by atoms with Crippen LogP contribution in [0.2, 0.25) is 0 Å². The quantitative estimate of drug-likeness (QED) is 0.787. The number of hydrogen-bond acceptors (Lipinski definition) is 3. The molecule has 0 unspecified atom stereocenters. The number of nitrogens with zero attached hydrogens (tertiary/aromatic N) is 1. The summed E-state index contributed by atoms with van der Waals surface area (Å²) < 4.78 is 27.9. The van der Waals surface area contributed by atoms with Gasteiger partial charge in [-0.05, 0) is 50.1 Å². The van der Waals surface area contributed by atoms with E-state index in [0.717, 1.165) is 17.2 Å². The lowest BCUT2D eigenvalue weighted by Gasteiger charge is -2.22. The van der Waals surface area contributed by atoms with Crippen LogP contribution >= 0.6 is 0 Å². The molecule has 0 aromatic heterocycles. The highest BCUT2D eigenvalue weighted by atomic mass is 32.2. The number of aryl methyl sites for hydroxylation is 1. The van der Waals surface area contributed by atoms with Crippen LogP contribution in [0.3, 0.4) is 0 Å². The van der Waals surface area contributed by atoms with Crippen molar-refractivity contribution in [2.45, 2.75) is 26.8 Å². The molecular formula is C14H20N2O4S. The summed E-state index contributed by atoms with van der Waals surface area (Å²) in [5.41, 5.74) is 1.94. The van der Waals surface area contributed by atoms with Gasteiger partial charge in [0.05, 0.1) is 5.69 Å². The molecule has 0 heterocycles. The Morgan fingerprint density at radius 1 is 1.38 bits per heavy atom. The summed E-state index contributed by atoms with van der Waals surface area (Å²) in [5, 5.41) is 8.60. The lowest BCUT2D eigenvalue weighted by atomic mass is 10.1. The molecule has 0 radical (unpaired) electrons. The molecule has 0 saturated heterocycles. The molecule has 1 rings (SSSR count). The number of benzene rings is 1. The zero-order chi connectivity index (χ0) is 16.2. The molecule has 1 aromatic carbocycles. The molecule has 0 aliphatic rings. The zero-order valence-electron chi connectivity index (χ0n) is 12.5. The normalized spacial score (nSPS) is 12.3. The first-order valence-electron chi connectivity index (χ1n) is 6.41. The van der Waals surface area contributed by atoms with E-state index in [0.29, 0.717) is 5.69 Å². The number of carboxylic acid groups (broad SMARTS) is 1. The first-order valence-corrected chi connectivity index (χ1v) is 7.85. The average Bonchev–Trinajstić information content (AvgIpc) is 2.36. The second-order valence-electron chi connectivity index (χ2n) is 4.96. The Morgan fingerprint density at radius 3 is 2.48 bits per heavy atom. The van der Waals surface area contributed by atoms with Gasteiger partial charge < -0.3 is 5.11 Å². The molecule has 0 fully saturated rings. The molecule has 0 spiro atoms. The maximum absolute atomic E-state index is 12.1. The third kappa shape index (κ3) is 4.87. The Kier molecular flexibility index (Phi) is 5.51. The largest absolute Gasteiger partial charge is 0.478 e. The van der Waals surface area contributed by atoms with Gasteiger partial charge in [0.15, 0.2) is 0 Å². The number of rotatable bonds is 6. The Labute approximate surface area is 125 Å². The zero-order valence-corrected chi connectivity index (χ0v) is 13.3. The number of hydrogen-bond donors (Lipinski definition) is 2. The standard InChI is InChI=1S/C14H20N2O4S/c1-10(2)16(4)21(19,20)15-13-7-5-12(11(3)9-13)6-8-14(17)18/h5-10,15H,1-4H3,(H,17,18). The third-order valence-electron chi connectivity index (χ3n) is 3.03. The number of nitrogens with one attached hydrogen (secondary N) is 1. The van der Waals surface area contributed by atoms with E-state index >= 15 is 0 Å². The second kappa shape index (κ2) is 6.73. The molecule has 1 aromatic rings. The number of anilines is 1. The van der Waals surface area contributed by atoms with Crippen LogP contribution in [0.1, 0.15) is 25.0 Å². The van der Waals surface area contributed by atoms with Crippen molar-refractivity contribution < 1.29 is 18.3 Å². The predicted molar refractivity (Wildman–Crippen MR) is 83.3 cm³/mol. The van der Waals surface area contributed by atoms with E-state index in [9.17, 15) is 13.2 Å². The molecule has 2 N–H and O–H groups in total. The van der Waals surface area contributed by atoms with Gasteiger partial charge in [-0.25, -0.2) is 4.79 Å². The lowest BCUT2D eigenvalue weighted by Crippen LogP contribution is -2.37. The first kappa shape index (κ1) is 17.2. The van der Waals surface area contributed by atoms with Gasteiger partial charge >= 0.3 is 16.2 Å². The number of aliphatic carboxylic acids is 1. The summed E-state index contributed by atoms with van der Waals surface area (Å²) in [4.78, 5) is 10.5. The summed E-state index contributed by atoms with van der Waals surface area (Å²) in [6, 6.07) is 4.77. The molecule has 0 aliphatic heterocycles. The molecule has 0 amide bonds. The number of carboxylic acids is 1. The Bertz CT molecular complexity index is 651. The minimum Gasteiger partial charge on any atom is -0.478 e. The van der Waals surface area contributed by atoms with Gasteiger partial charge in [0.25, 0.3) is 0 Å². The summed E-state index contributed by atoms with van der Waals surface area (Å²) in [6.45, 7) is 5.35. The van der Waals surface area contributed by atoms with E-state index in [-0.39, 0.29) is 6.04 Å². The van der Waals surface area contributed by atoms with Crippen LogP contribution in [0.25, 0.3) is 6.08 Å². The van der Waals surface area contributed by atoms with Gasteiger partial charge in [-0.3, -0.25) is 4.72 Å². The summed E-state index contributed by atoms with van der Waals surface area (Å²) in [7, 11) is -2.09. The maximum Gasteiger partial charge on any atom is 0.328 e. The lowest BCUT2D eigenvalue weighted by molar-refractivity contribution is -0.131. The fourth-order valence-corrected chi connectivity index (χ4v) is 2.71. The molecule has 0 atom stereocenters. The summed E-state index contributed by atoms with van der Waals surface area (Å²) in [5.74, 6) is -1.03. The fraction of sp³-hybridized carbons (Fsp3) is 0.357. The highest BCUT2D eigenvalue weighted by Gasteiger charge is 2.20. The van der Waals surface area contributed by atoms with E-state index in [1.165, 1.54) is 17.4 Å². The van der Waals surface area contributed by atoms with Crippen molar-refractivity contribution in [2.24, 2.45) is 0 Å². The van der Waals surface area contributed by atoms with E-state index in [1.807, 2.05) is 0 Å². The van der Waals surface area contributed by atoms with Crippen LogP contribution in [-0.2, 0) is 15.0 Å². The topological polar surface area (TPSA) is 86.7 Å². The van der Waals surface area contributed by atoms with Crippen molar-refractivity contribution in [1.29, 1.82) is 0 Å². The van der Waals surface area contributed by atoms with Gasteiger partial charge in [0, 0.05) is 19.2 Å². The SMILES string of the molecule is Cc1cc(NS(=O)(=O)N(C)C(C)C)ccc1C=CC(=O)O. The van der Waals surface area contributed by atoms with E-state index in [1.54, 1.807) is 39.0 Å². The molecule has 6 nitrogen and oxygen atoms in total. The van der Waals surface area contributed by atoms with Gasteiger partial charge in [0.2, 0.25) is 0 Å². The van der Waals surface area contributed by atoms with Gasteiger partial charge in [-0.2, -0.15) is 12.7 Å². The van der Waals surface area contributed by atoms with Crippen LogP contribution in [0.4, 0.5) is 5.69 Å². The monoisotopic (exact) mass is 312 g/mol. The average molecular weight is 312 g/mol. The molecule has 21 heavy (non-hydrogen) atoms. The van der Waals surface area contributed by atoms with Gasteiger partial charge in [0.1, 0.15) is 0 Å². The van der Waals surface area contributed by atoms with Crippen LogP contribution in [0.15, 0.2) is 24.3 Å². The Hall–Kier alpha value is -1.86. The summed E-state index contributed by atoms with van der Waals surface area (Å²) in [6.07, 6.45) is 2.51. The Morgan fingerprint density at radius 2 is 2.00 bits per heavy atom. The Balaban J connectivity index is 2.98. The van der Waals surface area contributed by atoms with Crippen molar-refractivity contribution in [2.75, 3.05) is 11.8 Å². The second-order valence-corrected chi connectivity index (χ2v) is 6.69. The highest BCUT2D eigenvalue weighted by Crippen LogP contribution is 2.18. The molecular weight excluding hydrogens is 292 g/mol.